The van der Waals surface area contributed by atoms with E-state index in [1.807, 2.05) is 0 Å². The van der Waals surface area contributed by atoms with Crippen LogP contribution in [0.25, 0.3) is 0 Å². The Morgan fingerprint density at radius 2 is 1.72 bits per heavy atom. The summed E-state index contributed by atoms with van der Waals surface area (Å²) in [6, 6.07) is 0. The van der Waals surface area contributed by atoms with Crippen LogP contribution in [0.3, 0.4) is 0 Å². The van der Waals surface area contributed by atoms with Gasteiger partial charge in [-0.05, 0) is 12.3 Å². The first-order chi connectivity index (χ1) is 8.35. The second kappa shape index (κ2) is 9.05. The summed E-state index contributed by atoms with van der Waals surface area (Å²) in [7, 11) is 1.55. The second-order valence-electron chi connectivity index (χ2n) is 4.68. The highest BCUT2D eigenvalue weighted by Gasteiger charge is 2.26. The normalized spacial score (nSPS) is 12.9. The minimum absolute atomic E-state index is 0.144. The fourth-order valence-corrected chi connectivity index (χ4v) is 1.43. The number of nitrogens with one attached hydrogen (secondary N) is 2. The summed E-state index contributed by atoms with van der Waals surface area (Å²) in [5.41, 5.74) is 0. The van der Waals surface area contributed by atoms with Crippen molar-refractivity contribution in [3.05, 3.63) is 0 Å². The van der Waals surface area contributed by atoms with E-state index < -0.39 is 12.6 Å². The lowest BCUT2D eigenvalue weighted by Crippen LogP contribution is -2.39. The third kappa shape index (κ3) is 11.5. The zero-order chi connectivity index (χ0) is 14.0. The van der Waals surface area contributed by atoms with Gasteiger partial charge in [0, 0.05) is 20.1 Å². The van der Waals surface area contributed by atoms with Crippen molar-refractivity contribution in [2.75, 3.05) is 20.1 Å². The Balaban J connectivity index is 3.60. The number of nitrogens with zero attached hydrogens (tertiary/aromatic N) is 1. The highest BCUT2D eigenvalue weighted by molar-refractivity contribution is 5.79. The molecule has 0 unspecified atom stereocenters. The molecule has 0 saturated heterocycles. The molecule has 2 N–H and O–H groups in total. The van der Waals surface area contributed by atoms with Crippen LogP contribution in [-0.4, -0.2) is 32.3 Å². The first-order valence-electron chi connectivity index (χ1n) is 6.36. The molecular formula is C12H24F3N3. The Bertz CT molecular complexity index is 237. The van der Waals surface area contributed by atoms with Gasteiger partial charge in [-0.2, -0.15) is 13.2 Å². The molecule has 18 heavy (non-hydrogen) atoms. The number of halogens is 3. The number of aliphatic imine (C=N–C) groups is 1. The van der Waals surface area contributed by atoms with Crippen molar-refractivity contribution >= 4 is 5.96 Å². The molecule has 3 nitrogen and oxygen atoms in total. The van der Waals surface area contributed by atoms with Gasteiger partial charge in [-0.25, -0.2) is 0 Å². The molecule has 0 radical (unpaired) electrons. The van der Waals surface area contributed by atoms with Crippen LogP contribution in [0.4, 0.5) is 13.2 Å². The van der Waals surface area contributed by atoms with E-state index in [0.717, 1.165) is 19.4 Å². The van der Waals surface area contributed by atoms with E-state index in [2.05, 4.69) is 29.5 Å². The van der Waals surface area contributed by atoms with Crippen LogP contribution in [0.5, 0.6) is 0 Å². The van der Waals surface area contributed by atoms with Crippen LogP contribution in [0.2, 0.25) is 0 Å². The molecule has 0 rings (SSSR count). The molecule has 0 saturated carbocycles. The smallest absolute Gasteiger partial charge is 0.356 e. The second-order valence-corrected chi connectivity index (χ2v) is 4.68. The molecule has 0 fully saturated rings. The molecule has 0 aliphatic carbocycles. The fraction of sp³-hybridized carbons (Fsp3) is 0.917. The molecule has 0 bridgehead atoms. The number of unbranched alkanes of at least 4 members (excludes halogenated alkanes) is 1. The van der Waals surface area contributed by atoms with Crippen molar-refractivity contribution in [3.63, 3.8) is 0 Å². The molecule has 0 aliphatic rings. The third-order valence-corrected chi connectivity index (χ3v) is 2.43. The zero-order valence-electron chi connectivity index (χ0n) is 11.4. The van der Waals surface area contributed by atoms with Gasteiger partial charge in [-0.15, -0.1) is 0 Å². The van der Waals surface area contributed by atoms with Gasteiger partial charge >= 0.3 is 6.18 Å². The molecule has 108 valence electrons. The monoisotopic (exact) mass is 267 g/mol. The number of rotatable bonds is 7. The largest absolute Gasteiger partial charge is 0.390 e. The lowest BCUT2D eigenvalue weighted by Gasteiger charge is -2.13. The SMILES string of the molecule is CN=C(NCCCCC(C)C)NCCC(F)(F)F. The van der Waals surface area contributed by atoms with Crippen LogP contribution >= 0.6 is 0 Å². The average molecular weight is 267 g/mol. The first kappa shape index (κ1) is 17.1. The van der Waals surface area contributed by atoms with Gasteiger partial charge in [0.2, 0.25) is 0 Å². The van der Waals surface area contributed by atoms with E-state index >= 15 is 0 Å². The Morgan fingerprint density at radius 1 is 1.11 bits per heavy atom. The Morgan fingerprint density at radius 3 is 2.22 bits per heavy atom. The van der Waals surface area contributed by atoms with Gasteiger partial charge in [0.25, 0.3) is 0 Å². The van der Waals surface area contributed by atoms with Gasteiger partial charge in [-0.3, -0.25) is 4.99 Å². The number of alkyl halides is 3. The predicted molar refractivity (Wildman–Crippen MR) is 68.7 cm³/mol. The highest BCUT2D eigenvalue weighted by Crippen LogP contribution is 2.17. The van der Waals surface area contributed by atoms with E-state index in [4.69, 9.17) is 0 Å². The summed E-state index contributed by atoms with van der Waals surface area (Å²) >= 11 is 0. The van der Waals surface area contributed by atoms with Crippen molar-refractivity contribution in [1.82, 2.24) is 10.6 Å². The van der Waals surface area contributed by atoms with Gasteiger partial charge in [0.15, 0.2) is 5.96 Å². The number of hydrogen-bond donors (Lipinski definition) is 2. The van der Waals surface area contributed by atoms with Crippen LogP contribution in [0.1, 0.15) is 39.5 Å². The van der Waals surface area contributed by atoms with Gasteiger partial charge < -0.3 is 10.6 Å². The number of guanidine groups is 1. The fourth-order valence-electron chi connectivity index (χ4n) is 1.43. The summed E-state index contributed by atoms with van der Waals surface area (Å²) < 4.78 is 35.8. The molecule has 6 heteroatoms. The first-order valence-corrected chi connectivity index (χ1v) is 6.36. The molecule has 0 aromatic carbocycles. The van der Waals surface area contributed by atoms with Gasteiger partial charge in [-0.1, -0.05) is 26.7 Å². The van der Waals surface area contributed by atoms with Gasteiger partial charge in [0.1, 0.15) is 0 Å². The minimum atomic E-state index is -4.12. The Kier molecular flexibility index (Phi) is 8.58. The van der Waals surface area contributed by atoms with Crippen molar-refractivity contribution in [2.45, 2.75) is 45.7 Å². The van der Waals surface area contributed by atoms with Crippen LogP contribution in [0.15, 0.2) is 4.99 Å². The van der Waals surface area contributed by atoms with Crippen molar-refractivity contribution in [2.24, 2.45) is 10.9 Å². The molecule has 0 aromatic rings. The maximum Gasteiger partial charge on any atom is 0.390 e. The van der Waals surface area contributed by atoms with Crippen molar-refractivity contribution < 1.29 is 13.2 Å². The molecule has 0 atom stereocenters. The van der Waals surface area contributed by atoms with Crippen molar-refractivity contribution in [3.8, 4) is 0 Å². The third-order valence-electron chi connectivity index (χ3n) is 2.43. The summed E-state index contributed by atoms with van der Waals surface area (Å²) in [6.45, 7) is 4.93. The van der Waals surface area contributed by atoms with Crippen LogP contribution < -0.4 is 10.6 Å². The lowest BCUT2D eigenvalue weighted by atomic mass is 10.1. The summed E-state index contributed by atoms with van der Waals surface area (Å²) in [5, 5.41) is 5.65. The van der Waals surface area contributed by atoms with Crippen LogP contribution in [-0.2, 0) is 0 Å². The number of hydrogen-bond acceptors (Lipinski definition) is 1. The predicted octanol–water partition coefficient (Wildman–Crippen LogP) is 2.93. The molecule has 0 heterocycles. The molecule has 0 spiro atoms. The van der Waals surface area contributed by atoms with Gasteiger partial charge in [0.05, 0.1) is 6.42 Å². The lowest BCUT2D eigenvalue weighted by molar-refractivity contribution is -0.132. The van der Waals surface area contributed by atoms with E-state index in [0.29, 0.717) is 11.9 Å². The zero-order valence-corrected chi connectivity index (χ0v) is 11.4. The quantitative estimate of drug-likeness (QED) is 0.423. The molecule has 0 aliphatic heterocycles. The van der Waals surface area contributed by atoms with E-state index in [9.17, 15) is 13.2 Å². The topological polar surface area (TPSA) is 36.4 Å². The Hall–Kier alpha value is -0.940. The molecular weight excluding hydrogens is 243 g/mol. The molecule has 0 amide bonds. The summed E-state index contributed by atoms with van der Waals surface area (Å²) in [5.74, 6) is 1.12. The van der Waals surface area contributed by atoms with Crippen molar-refractivity contribution in [1.29, 1.82) is 0 Å². The van der Waals surface area contributed by atoms with E-state index in [1.165, 1.54) is 6.42 Å². The summed E-state index contributed by atoms with van der Waals surface area (Å²) in [6.07, 6.45) is -1.69. The van der Waals surface area contributed by atoms with E-state index in [-0.39, 0.29) is 6.54 Å². The summed E-state index contributed by atoms with van der Waals surface area (Å²) in [4.78, 5) is 3.87. The van der Waals surface area contributed by atoms with E-state index in [1.54, 1.807) is 7.05 Å². The highest BCUT2D eigenvalue weighted by atomic mass is 19.4. The maximum absolute atomic E-state index is 11.9. The molecule has 0 aromatic heterocycles. The standard InChI is InChI=1S/C12H24F3N3/c1-10(2)6-4-5-8-17-11(16-3)18-9-7-12(13,14)15/h10H,4-9H2,1-3H3,(H2,16,17,18). The average Bonchev–Trinajstić information content (AvgIpc) is 2.24. The Labute approximate surface area is 107 Å². The maximum atomic E-state index is 11.9. The van der Waals surface area contributed by atoms with Crippen LogP contribution in [0, 0.1) is 5.92 Å². The minimum Gasteiger partial charge on any atom is -0.356 e.